The third kappa shape index (κ3) is 4.32. The van der Waals surface area contributed by atoms with E-state index < -0.39 is 10.0 Å². The highest BCUT2D eigenvalue weighted by atomic mass is 79.9. The normalized spacial score (nSPS) is 14.4. The number of carbonyl (C=O) groups excluding carboxylic acids is 1. The summed E-state index contributed by atoms with van der Waals surface area (Å²) in [7, 11) is 0.280. The standard InChI is InChI=1S/C15H22BrN3O3S/c1-11(20)19-8-5-12-9-13(16)15(10-14(12)19)23(21,22)17-6-4-7-18(2)3/h9-10,17H,4-8H2,1-3H3. The molecule has 1 heterocycles. The quantitative estimate of drug-likeness (QED) is 0.732. The molecule has 0 atom stereocenters. The molecule has 0 spiro atoms. The van der Waals surface area contributed by atoms with Crippen molar-refractivity contribution in [3.05, 3.63) is 22.2 Å². The molecule has 0 aliphatic carbocycles. The fourth-order valence-electron chi connectivity index (χ4n) is 2.60. The second-order valence-corrected chi connectivity index (χ2v) is 8.48. The predicted molar refractivity (Wildman–Crippen MR) is 94.2 cm³/mol. The summed E-state index contributed by atoms with van der Waals surface area (Å²) in [6.07, 6.45) is 1.47. The maximum atomic E-state index is 12.5. The second-order valence-electron chi connectivity index (χ2n) is 5.89. The molecule has 1 amide bonds. The first-order valence-corrected chi connectivity index (χ1v) is 9.75. The number of hydrogen-bond acceptors (Lipinski definition) is 4. The molecule has 128 valence electrons. The number of anilines is 1. The number of nitrogens with zero attached hydrogens (tertiary/aromatic N) is 2. The van der Waals surface area contributed by atoms with Crippen LogP contribution >= 0.6 is 15.9 Å². The van der Waals surface area contributed by atoms with Crippen LogP contribution in [0, 0.1) is 0 Å². The lowest BCUT2D eigenvalue weighted by atomic mass is 10.2. The lowest BCUT2D eigenvalue weighted by Gasteiger charge is -2.17. The van der Waals surface area contributed by atoms with Crippen molar-refractivity contribution in [1.29, 1.82) is 0 Å². The van der Waals surface area contributed by atoms with Gasteiger partial charge in [0.25, 0.3) is 0 Å². The van der Waals surface area contributed by atoms with Gasteiger partial charge in [-0.1, -0.05) is 0 Å². The van der Waals surface area contributed by atoms with Crippen molar-refractivity contribution in [3.8, 4) is 0 Å². The summed E-state index contributed by atoms with van der Waals surface area (Å²) >= 11 is 3.34. The molecular weight excluding hydrogens is 382 g/mol. The van der Waals surface area contributed by atoms with E-state index in [0.29, 0.717) is 23.2 Å². The first-order chi connectivity index (χ1) is 10.7. The van der Waals surface area contributed by atoms with Gasteiger partial charge in [0, 0.05) is 30.2 Å². The number of benzene rings is 1. The summed E-state index contributed by atoms with van der Waals surface area (Å²) in [5.74, 6) is -0.0756. The molecule has 0 fully saturated rings. The number of fused-ring (bicyclic) bond motifs is 1. The number of sulfonamides is 1. The Morgan fingerprint density at radius 3 is 2.70 bits per heavy atom. The van der Waals surface area contributed by atoms with Crippen LogP contribution in [0.1, 0.15) is 18.9 Å². The fourth-order valence-corrected chi connectivity index (χ4v) is 4.78. The Hall–Kier alpha value is -0.960. The summed E-state index contributed by atoms with van der Waals surface area (Å²) < 4.78 is 28.2. The molecule has 0 unspecified atom stereocenters. The van der Waals surface area contributed by atoms with Crippen LogP contribution in [0.4, 0.5) is 5.69 Å². The number of hydrogen-bond donors (Lipinski definition) is 1. The third-order valence-corrected chi connectivity index (χ3v) is 6.19. The van der Waals surface area contributed by atoms with Crippen LogP contribution in [-0.2, 0) is 21.2 Å². The second kappa shape index (κ2) is 7.29. The molecule has 6 nitrogen and oxygen atoms in total. The average molecular weight is 404 g/mol. The van der Waals surface area contributed by atoms with Crippen LogP contribution in [-0.4, -0.2) is 53.0 Å². The molecule has 0 saturated heterocycles. The zero-order valence-electron chi connectivity index (χ0n) is 13.6. The van der Waals surface area contributed by atoms with Gasteiger partial charge in [0.2, 0.25) is 15.9 Å². The Labute approximate surface area is 146 Å². The van der Waals surface area contributed by atoms with E-state index >= 15 is 0 Å². The maximum absolute atomic E-state index is 12.5. The predicted octanol–water partition coefficient (Wildman–Crippen LogP) is 1.59. The van der Waals surface area contributed by atoms with E-state index in [9.17, 15) is 13.2 Å². The van der Waals surface area contributed by atoms with E-state index in [2.05, 4.69) is 20.7 Å². The van der Waals surface area contributed by atoms with Crippen molar-refractivity contribution < 1.29 is 13.2 Å². The van der Waals surface area contributed by atoms with Gasteiger partial charge in [0.05, 0.1) is 4.90 Å². The molecule has 1 N–H and O–H groups in total. The molecule has 8 heteroatoms. The molecule has 0 aromatic heterocycles. The van der Waals surface area contributed by atoms with Gasteiger partial charge in [-0.15, -0.1) is 0 Å². The van der Waals surface area contributed by atoms with Crippen molar-refractivity contribution in [3.63, 3.8) is 0 Å². The van der Waals surface area contributed by atoms with Gasteiger partial charge < -0.3 is 9.80 Å². The minimum absolute atomic E-state index is 0.0756. The maximum Gasteiger partial charge on any atom is 0.241 e. The van der Waals surface area contributed by atoms with E-state index in [1.807, 2.05) is 19.0 Å². The zero-order valence-corrected chi connectivity index (χ0v) is 16.0. The Balaban J connectivity index is 2.22. The van der Waals surface area contributed by atoms with Gasteiger partial charge in [0.15, 0.2) is 0 Å². The molecule has 1 aliphatic heterocycles. The minimum atomic E-state index is -3.61. The highest BCUT2D eigenvalue weighted by Crippen LogP contribution is 2.35. The van der Waals surface area contributed by atoms with Gasteiger partial charge in [0.1, 0.15) is 0 Å². The van der Waals surface area contributed by atoms with Crippen molar-refractivity contribution in [1.82, 2.24) is 9.62 Å². The molecule has 0 bridgehead atoms. The molecule has 2 rings (SSSR count). The third-order valence-electron chi connectivity index (χ3n) is 3.77. The Kier molecular flexibility index (Phi) is 5.83. The van der Waals surface area contributed by atoms with E-state index in [1.54, 1.807) is 17.0 Å². The SMILES string of the molecule is CC(=O)N1CCc2cc(Br)c(S(=O)(=O)NCCCN(C)C)cc21. The van der Waals surface area contributed by atoms with Crippen LogP contribution in [0.3, 0.4) is 0 Å². The van der Waals surface area contributed by atoms with Crippen LogP contribution in [0.25, 0.3) is 0 Å². The number of carbonyl (C=O) groups is 1. The van der Waals surface area contributed by atoms with Crippen LogP contribution in [0.5, 0.6) is 0 Å². The number of halogens is 1. The first-order valence-electron chi connectivity index (χ1n) is 7.47. The smallest absolute Gasteiger partial charge is 0.241 e. The molecular formula is C15H22BrN3O3S. The van der Waals surface area contributed by atoms with Crippen LogP contribution < -0.4 is 9.62 Å². The van der Waals surface area contributed by atoms with Crippen molar-refractivity contribution in [2.24, 2.45) is 0 Å². The Morgan fingerprint density at radius 2 is 2.09 bits per heavy atom. The van der Waals surface area contributed by atoms with Gasteiger partial charge in [-0.25, -0.2) is 13.1 Å². The average Bonchev–Trinajstić information content (AvgIpc) is 2.85. The highest BCUT2D eigenvalue weighted by Gasteiger charge is 2.27. The molecule has 0 saturated carbocycles. The largest absolute Gasteiger partial charge is 0.312 e. The topological polar surface area (TPSA) is 69.7 Å². The van der Waals surface area contributed by atoms with Crippen molar-refractivity contribution in [2.45, 2.75) is 24.7 Å². The molecule has 23 heavy (non-hydrogen) atoms. The van der Waals surface area contributed by atoms with Crippen molar-refractivity contribution >= 4 is 37.5 Å². The lowest BCUT2D eigenvalue weighted by molar-refractivity contribution is -0.116. The summed E-state index contributed by atoms with van der Waals surface area (Å²) in [6.45, 7) is 3.27. The van der Waals surface area contributed by atoms with Gasteiger partial charge >= 0.3 is 0 Å². The molecule has 1 aromatic carbocycles. The summed E-state index contributed by atoms with van der Waals surface area (Å²) in [6, 6.07) is 3.38. The zero-order chi connectivity index (χ0) is 17.2. The van der Waals surface area contributed by atoms with Crippen molar-refractivity contribution in [2.75, 3.05) is 38.6 Å². The van der Waals surface area contributed by atoms with Crippen LogP contribution in [0.2, 0.25) is 0 Å². The Morgan fingerprint density at radius 1 is 1.39 bits per heavy atom. The molecule has 1 aliphatic rings. The number of amides is 1. The molecule has 0 radical (unpaired) electrons. The van der Waals surface area contributed by atoms with Gasteiger partial charge in [-0.2, -0.15) is 0 Å². The monoisotopic (exact) mass is 403 g/mol. The van der Waals surface area contributed by atoms with Gasteiger partial charge in [-0.05, 0) is 67.1 Å². The van der Waals surface area contributed by atoms with E-state index in [1.165, 1.54) is 6.92 Å². The number of rotatable bonds is 6. The lowest BCUT2D eigenvalue weighted by Crippen LogP contribution is -2.28. The Bertz CT molecular complexity index is 704. The first kappa shape index (κ1) is 18.4. The summed E-state index contributed by atoms with van der Waals surface area (Å²) in [5.41, 5.74) is 1.67. The van der Waals surface area contributed by atoms with E-state index in [0.717, 1.165) is 24.9 Å². The summed E-state index contributed by atoms with van der Waals surface area (Å²) in [4.78, 5) is 15.5. The number of nitrogens with one attached hydrogen (secondary N) is 1. The van der Waals surface area contributed by atoms with E-state index in [-0.39, 0.29) is 10.8 Å². The fraction of sp³-hybridized carbons (Fsp3) is 0.533. The minimum Gasteiger partial charge on any atom is -0.312 e. The molecule has 1 aromatic rings. The highest BCUT2D eigenvalue weighted by molar-refractivity contribution is 9.10. The van der Waals surface area contributed by atoms with E-state index in [4.69, 9.17) is 0 Å². The van der Waals surface area contributed by atoms with Gasteiger partial charge in [-0.3, -0.25) is 4.79 Å². The van der Waals surface area contributed by atoms with Crippen LogP contribution in [0.15, 0.2) is 21.5 Å². The summed E-state index contributed by atoms with van der Waals surface area (Å²) in [5, 5.41) is 0.